The Bertz CT molecular complexity index is 635. The van der Waals surface area contributed by atoms with Gasteiger partial charge in [-0.1, -0.05) is 36.4 Å². The molecule has 0 aliphatic carbocycles. The normalized spacial score (nSPS) is 14.4. The van der Waals surface area contributed by atoms with Gasteiger partial charge in [0.1, 0.15) is 5.75 Å². The Morgan fingerprint density at radius 2 is 1.38 bits per heavy atom. The molecule has 0 bridgehead atoms. The number of hydrogen-bond acceptors (Lipinski definition) is 4. The standard InChI is InChI=1S/C13H10Br2O4S2/c14-13(15,19-20(16)12-9-5-2-6-10-12)21(17)18-11-7-3-1-4-8-11/h1-10H. The Morgan fingerprint density at radius 1 is 0.857 bits per heavy atom. The van der Waals surface area contributed by atoms with E-state index in [1.807, 2.05) is 6.07 Å². The van der Waals surface area contributed by atoms with Gasteiger partial charge in [0.25, 0.3) is 11.1 Å². The fourth-order valence-corrected chi connectivity index (χ4v) is 3.87. The highest BCUT2D eigenvalue weighted by Gasteiger charge is 2.37. The SMILES string of the molecule is O=S(OC(Br)(Br)S(=O)Oc1ccccc1)c1ccccc1. The summed E-state index contributed by atoms with van der Waals surface area (Å²) in [5, 5.41) is 0. The molecule has 21 heavy (non-hydrogen) atoms. The van der Waals surface area contributed by atoms with Crippen molar-refractivity contribution < 1.29 is 16.8 Å². The first-order chi connectivity index (χ1) is 9.99. The van der Waals surface area contributed by atoms with Crippen molar-refractivity contribution in [3.05, 3.63) is 60.7 Å². The molecule has 0 fully saturated rings. The van der Waals surface area contributed by atoms with E-state index in [1.54, 1.807) is 54.6 Å². The van der Waals surface area contributed by atoms with Crippen LogP contribution in [-0.2, 0) is 26.3 Å². The molecule has 2 unspecified atom stereocenters. The fraction of sp³-hybridized carbons (Fsp3) is 0.0769. The monoisotopic (exact) mass is 452 g/mol. The minimum atomic E-state index is -1.96. The molecule has 0 N–H and O–H groups in total. The van der Waals surface area contributed by atoms with Gasteiger partial charge in [0.05, 0.1) is 4.90 Å². The number of hydrogen-bond donors (Lipinski definition) is 0. The summed E-state index contributed by atoms with van der Waals surface area (Å²) in [4.78, 5) is 0.456. The van der Waals surface area contributed by atoms with Gasteiger partial charge in [-0.05, 0) is 56.1 Å². The van der Waals surface area contributed by atoms with Crippen molar-refractivity contribution in [1.29, 1.82) is 0 Å². The van der Waals surface area contributed by atoms with Crippen LogP contribution in [0.5, 0.6) is 5.75 Å². The van der Waals surface area contributed by atoms with Gasteiger partial charge in [-0.3, -0.25) is 0 Å². The minimum absolute atomic E-state index is 0.410. The zero-order valence-corrected chi connectivity index (χ0v) is 15.3. The second-order valence-corrected chi connectivity index (χ2v) is 10.4. The summed E-state index contributed by atoms with van der Waals surface area (Å²) < 4.78 is 33.1. The Balaban J connectivity index is 2.04. The van der Waals surface area contributed by atoms with Crippen molar-refractivity contribution in [2.45, 2.75) is 7.65 Å². The summed E-state index contributed by atoms with van der Waals surface area (Å²) in [5.74, 6) is 0.410. The molecular formula is C13H10Br2O4S2. The molecule has 0 aliphatic rings. The van der Waals surface area contributed by atoms with E-state index in [1.165, 1.54) is 0 Å². The predicted octanol–water partition coefficient (Wildman–Crippen LogP) is 3.87. The summed E-state index contributed by atoms with van der Waals surface area (Å²) in [6, 6.07) is 17.2. The van der Waals surface area contributed by atoms with Gasteiger partial charge < -0.3 is 4.18 Å². The second-order valence-electron chi connectivity index (χ2n) is 3.73. The molecule has 0 aromatic heterocycles. The van der Waals surface area contributed by atoms with Crippen LogP contribution in [-0.4, -0.2) is 11.2 Å². The average molecular weight is 454 g/mol. The quantitative estimate of drug-likeness (QED) is 0.623. The maximum atomic E-state index is 12.1. The van der Waals surface area contributed by atoms with Gasteiger partial charge in [0.15, 0.2) is 11.1 Å². The lowest BCUT2D eigenvalue weighted by Gasteiger charge is -2.18. The summed E-state index contributed by atoms with van der Waals surface area (Å²) in [6.45, 7) is 0. The number of rotatable bonds is 6. The Hall–Kier alpha value is -0.540. The van der Waals surface area contributed by atoms with Crippen LogP contribution < -0.4 is 4.18 Å². The topological polar surface area (TPSA) is 52.6 Å². The summed E-state index contributed by atoms with van der Waals surface area (Å²) in [5.41, 5.74) is 0. The average Bonchev–Trinajstić information content (AvgIpc) is 2.48. The van der Waals surface area contributed by atoms with Gasteiger partial charge in [-0.2, -0.15) is 0 Å². The molecule has 0 heterocycles. The molecule has 2 atom stereocenters. The lowest BCUT2D eigenvalue weighted by molar-refractivity contribution is 0.361. The van der Waals surface area contributed by atoms with E-state index in [9.17, 15) is 8.42 Å². The number of benzene rings is 2. The van der Waals surface area contributed by atoms with Gasteiger partial charge >= 0.3 is 2.75 Å². The van der Waals surface area contributed by atoms with Crippen molar-refractivity contribution in [2.75, 3.05) is 0 Å². The fourth-order valence-electron chi connectivity index (χ4n) is 1.31. The van der Waals surface area contributed by atoms with E-state index in [0.29, 0.717) is 10.6 Å². The third kappa shape index (κ3) is 5.00. The molecular weight excluding hydrogens is 444 g/mol. The van der Waals surface area contributed by atoms with Gasteiger partial charge in [-0.25, -0.2) is 12.6 Å². The molecule has 2 rings (SSSR count). The summed E-state index contributed by atoms with van der Waals surface area (Å²) in [7, 11) is 0. The molecule has 0 aliphatic heterocycles. The maximum absolute atomic E-state index is 12.1. The van der Waals surface area contributed by atoms with Crippen molar-refractivity contribution in [3.63, 3.8) is 0 Å². The third-order valence-electron chi connectivity index (χ3n) is 2.22. The van der Waals surface area contributed by atoms with E-state index in [2.05, 4.69) is 31.9 Å². The summed E-state index contributed by atoms with van der Waals surface area (Å²) >= 11 is 2.40. The van der Waals surface area contributed by atoms with E-state index >= 15 is 0 Å². The van der Waals surface area contributed by atoms with Crippen LogP contribution in [0.2, 0.25) is 0 Å². The Kier molecular flexibility index (Phi) is 6.12. The maximum Gasteiger partial charge on any atom is 0.304 e. The predicted molar refractivity (Wildman–Crippen MR) is 89.7 cm³/mol. The van der Waals surface area contributed by atoms with E-state index in [0.717, 1.165) is 0 Å². The van der Waals surface area contributed by atoms with Crippen LogP contribution in [0.15, 0.2) is 65.6 Å². The van der Waals surface area contributed by atoms with Crippen molar-refractivity contribution in [1.82, 2.24) is 0 Å². The molecule has 2 aromatic rings. The molecule has 4 nitrogen and oxygen atoms in total. The second kappa shape index (κ2) is 7.64. The molecule has 0 saturated heterocycles. The van der Waals surface area contributed by atoms with Crippen molar-refractivity contribution in [2.24, 2.45) is 0 Å². The number of alkyl halides is 2. The van der Waals surface area contributed by atoms with Crippen LogP contribution in [0.1, 0.15) is 0 Å². The lowest BCUT2D eigenvalue weighted by atomic mass is 10.3. The van der Waals surface area contributed by atoms with Gasteiger partial charge in [-0.15, -0.1) is 0 Å². The van der Waals surface area contributed by atoms with Crippen molar-refractivity contribution >= 4 is 54.0 Å². The van der Waals surface area contributed by atoms with Gasteiger partial charge in [0.2, 0.25) is 0 Å². The molecule has 0 radical (unpaired) electrons. The van der Waals surface area contributed by atoms with Crippen LogP contribution in [0, 0.1) is 0 Å². The minimum Gasteiger partial charge on any atom is -0.397 e. The first-order valence-corrected chi connectivity index (χ1v) is 9.42. The number of halogens is 2. The van der Waals surface area contributed by atoms with Crippen LogP contribution in [0.4, 0.5) is 0 Å². The first kappa shape index (κ1) is 16.8. The molecule has 0 spiro atoms. The summed E-state index contributed by atoms with van der Waals surface area (Å²) in [6.07, 6.45) is 0. The van der Waals surface area contributed by atoms with Gasteiger partial charge in [0, 0.05) is 0 Å². The van der Waals surface area contributed by atoms with Crippen LogP contribution in [0.25, 0.3) is 0 Å². The van der Waals surface area contributed by atoms with Crippen LogP contribution in [0.3, 0.4) is 0 Å². The largest absolute Gasteiger partial charge is 0.397 e. The third-order valence-corrected chi connectivity index (χ3v) is 6.53. The molecule has 112 valence electrons. The van der Waals surface area contributed by atoms with Crippen LogP contribution >= 0.6 is 31.9 Å². The Labute approximate surface area is 144 Å². The zero-order chi connectivity index (χ0) is 15.3. The molecule has 8 heteroatoms. The highest BCUT2D eigenvalue weighted by atomic mass is 79.9. The first-order valence-electron chi connectivity index (χ1n) is 5.68. The lowest BCUT2D eigenvalue weighted by Crippen LogP contribution is -2.27. The highest BCUT2D eigenvalue weighted by Crippen LogP contribution is 2.35. The van der Waals surface area contributed by atoms with Crippen molar-refractivity contribution in [3.8, 4) is 5.75 Å². The van der Waals surface area contributed by atoms with E-state index in [4.69, 9.17) is 8.37 Å². The highest BCUT2D eigenvalue weighted by molar-refractivity contribution is 9.27. The Morgan fingerprint density at radius 3 is 1.95 bits per heavy atom. The molecule has 0 amide bonds. The number of para-hydroxylation sites is 1. The van der Waals surface area contributed by atoms with E-state index in [-0.39, 0.29) is 0 Å². The molecule has 2 aromatic carbocycles. The zero-order valence-electron chi connectivity index (χ0n) is 10.5. The molecule has 0 saturated carbocycles. The smallest absolute Gasteiger partial charge is 0.304 e. The van der Waals surface area contributed by atoms with E-state index < -0.39 is 24.9 Å².